The van der Waals surface area contributed by atoms with E-state index in [2.05, 4.69) is 43.1 Å². The van der Waals surface area contributed by atoms with Crippen LogP contribution in [-0.2, 0) is 10.3 Å². The molecule has 1 aliphatic rings. The highest BCUT2D eigenvalue weighted by Crippen LogP contribution is 2.43. The molecule has 1 heterocycles. The molecule has 0 spiro atoms. The maximum Gasteiger partial charge on any atom is 0.446 e. The van der Waals surface area contributed by atoms with E-state index in [1.165, 1.54) is 33.6 Å². The van der Waals surface area contributed by atoms with Gasteiger partial charge in [-0.1, -0.05) is 49.8 Å². The number of hydrogen-bond acceptors (Lipinski definition) is 7. The fourth-order valence-electron chi connectivity index (χ4n) is 2.06. The molecule has 1 saturated heterocycles. The largest absolute Gasteiger partial charge is 0.446 e. The number of nitrogens with zero attached hydrogens (tertiary/aromatic N) is 3. The third-order valence-electron chi connectivity index (χ3n) is 3.65. The van der Waals surface area contributed by atoms with E-state index in [4.69, 9.17) is 4.84 Å². The van der Waals surface area contributed by atoms with Crippen LogP contribution in [0.15, 0.2) is 39.3 Å². The van der Waals surface area contributed by atoms with Crippen molar-refractivity contribution in [2.75, 3.05) is 14.1 Å². The summed E-state index contributed by atoms with van der Waals surface area (Å²) in [5.74, 6) is 0. The zero-order valence-electron chi connectivity index (χ0n) is 16.2. The van der Waals surface area contributed by atoms with Gasteiger partial charge in [-0.05, 0) is 60.7 Å². The minimum atomic E-state index is -0.509. The van der Waals surface area contributed by atoms with E-state index in [9.17, 15) is 4.79 Å². The number of rotatable bonds is 3. The summed E-state index contributed by atoms with van der Waals surface area (Å²) in [6.45, 7) is 10.6. The topological polar surface area (TPSA) is 54.3 Å². The molecule has 0 radical (unpaired) electrons. The highest BCUT2D eigenvalue weighted by atomic mass is 32.2. The Kier molecular flexibility index (Phi) is 6.74. The number of hydrogen-bond donors (Lipinski definition) is 0. The number of benzene rings is 1. The molecule has 142 valence electrons. The van der Waals surface area contributed by atoms with Crippen molar-refractivity contribution in [1.82, 2.24) is 4.31 Å². The zero-order chi connectivity index (χ0) is 19.5. The minimum Gasteiger partial charge on any atom is -0.296 e. The Morgan fingerprint density at radius 1 is 1.23 bits per heavy atom. The van der Waals surface area contributed by atoms with Crippen molar-refractivity contribution in [3.8, 4) is 0 Å². The van der Waals surface area contributed by atoms with Gasteiger partial charge in [0.25, 0.3) is 0 Å². The van der Waals surface area contributed by atoms with Crippen LogP contribution in [0.1, 0.15) is 40.2 Å². The second-order valence-corrected chi connectivity index (χ2v) is 11.4. The summed E-state index contributed by atoms with van der Waals surface area (Å²) in [6, 6.07) is 8.19. The van der Waals surface area contributed by atoms with Gasteiger partial charge in [0.2, 0.25) is 0 Å². The van der Waals surface area contributed by atoms with Crippen molar-refractivity contribution in [1.29, 1.82) is 0 Å². The van der Waals surface area contributed by atoms with Crippen LogP contribution in [0.25, 0.3) is 0 Å². The summed E-state index contributed by atoms with van der Waals surface area (Å²) >= 11 is 4.37. The molecule has 0 unspecified atom stereocenters. The predicted molar refractivity (Wildman–Crippen MR) is 115 cm³/mol. The van der Waals surface area contributed by atoms with E-state index in [1.54, 1.807) is 25.9 Å². The molecular weight excluding hydrogens is 386 g/mol. The Labute approximate surface area is 168 Å². The number of carbonyl (C=O) groups excluding carboxylic acids is 1. The molecule has 1 amide bonds. The molecule has 1 aromatic rings. The summed E-state index contributed by atoms with van der Waals surface area (Å²) in [4.78, 5) is 22.5. The van der Waals surface area contributed by atoms with Crippen LogP contribution >= 0.6 is 35.5 Å². The van der Waals surface area contributed by atoms with Crippen molar-refractivity contribution in [3.05, 3.63) is 29.8 Å². The Bertz CT molecular complexity index is 722. The van der Waals surface area contributed by atoms with Crippen molar-refractivity contribution >= 4 is 51.0 Å². The average molecular weight is 412 g/mol. The standard InChI is InChI=1S/C18H25N3O2S3/c1-17(2,3)12-8-10-13(11-9-12)26-21(7)16(22)23-20-14-18(4,5)25-15(19-6)24-14/h8-11H,1-7H3. The van der Waals surface area contributed by atoms with Crippen molar-refractivity contribution in [2.45, 2.75) is 49.7 Å². The van der Waals surface area contributed by atoms with Crippen molar-refractivity contribution in [2.24, 2.45) is 10.1 Å². The molecule has 1 aliphatic heterocycles. The van der Waals surface area contributed by atoms with E-state index in [-0.39, 0.29) is 10.2 Å². The predicted octanol–water partition coefficient (Wildman–Crippen LogP) is 5.62. The van der Waals surface area contributed by atoms with Crippen LogP contribution in [0.5, 0.6) is 0 Å². The molecule has 2 rings (SSSR count). The molecule has 26 heavy (non-hydrogen) atoms. The third-order valence-corrected chi connectivity index (χ3v) is 7.38. The van der Waals surface area contributed by atoms with Crippen molar-refractivity contribution < 1.29 is 9.63 Å². The summed E-state index contributed by atoms with van der Waals surface area (Å²) in [6.07, 6.45) is -0.509. The van der Waals surface area contributed by atoms with Gasteiger partial charge >= 0.3 is 6.09 Å². The highest BCUT2D eigenvalue weighted by molar-refractivity contribution is 8.50. The Morgan fingerprint density at radius 2 is 1.85 bits per heavy atom. The first-order valence-corrected chi connectivity index (χ1v) is 10.6. The first kappa shape index (κ1) is 21.2. The van der Waals surface area contributed by atoms with E-state index < -0.39 is 6.09 Å². The van der Waals surface area contributed by atoms with Gasteiger partial charge in [0.05, 0.1) is 4.75 Å². The van der Waals surface area contributed by atoms with Gasteiger partial charge in [-0.15, -0.1) is 0 Å². The molecule has 0 bridgehead atoms. The Balaban J connectivity index is 1.97. The summed E-state index contributed by atoms with van der Waals surface area (Å²) in [5.41, 5.74) is 1.36. The smallest absolute Gasteiger partial charge is 0.296 e. The van der Waals surface area contributed by atoms with Gasteiger partial charge < -0.3 is 0 Å². The molecule has 0 aliphatic carbocycles. The van der Waals surface area contributed by atoms with Gasteiger partial charge in [0.1, 0.15) is 9.42 Å². The van der Waals surface area contributed by atoms with Crippen LogP contribution in [0.4, 0.5) is 4.79 Å². The molecule has 0 saturated carbocycles. The molecule has 0 atom stereocenters. The summed E-state index contributed by atoms with van der Waals surface area (Å²) < 4.78 is 2.12. The number of thioether (sulfide) groups is 2. The van der Waals surface area contributed by atoms with E-state index in [0.717, 1.165) is 14.3 Å². The highest BCUT2D eigenvalue weighted by Gasteiger charge is 2.38. The quantitative estimate of drug-likeness (QED) is 0.367. The molecule has 1 aromatic carbocycles. The monoisotopic (exact) mass is 411 g/mol. The number of carbonyl (C=O) groups is 1. The number of amides is 1. The van der Waals surface area contributed by atoms with E-state index >= 15 is 0 Å². The van der Waals surface area contributed by atoms with Crippen LogP contribution in [-0.4, -0.2) is 38.7 Å². The van der Waals surface area contributed by atoms with Gasteiger partial charge in [-0.3, -0.25) is 9.83 Å². The number of aliphatic imine (C=N–C) groups is 1. The summed E-state index contributed by atoms with van der Waals surface area (Å²) in [5, 5.41) is 4.80. The second kappa shape index (κ2) is 8.27. The lowest BCUT2D eigenvalue weighted by Crippen LogP contribution is -2.23. The molecule has 0 aromatic heterocycles. The zero-order valence-corrected chi connectivity index (χ0v) is 18.6. The van der Waals surface area contributed by atoms with Crippen LogP contribution < -0.4 is 0 Å². The molecule has 0 N–H and O–H groups in total. The maximum atomic E-state index is 12.2. The maximum absolute atomic E-state index is 12.2. The second-order valence-electron chi connectivity index (χ2n) is 7.32. The fourth-order valence-corrected chi connectivity index (χ4v) is 5.25. The first-order valence-electron chi connectivity index (χ1n) is 8.18. The lowest BCUT2D eigenvalue weighted by molar-refractivity contribution is 0.137. The molecular formula is C18H25N3O2S3. The van der Waals surface area contributed by atoms with E-state index in [0.29, 0.717) is 0 Å². The van der Waals surface area contributed by atoms with Gasteiger partial charge in [0.15, 0.2) is 0 Å². The van der Waals surface area contributed by atoms with Crippen molar-refractivity contribution in [3.63, 3.8) is 0 Å². The summed E-state index contributed by atoms with van der Waals surface area (Å²) in [7, 11) is 3.42. The normalized spacial score (nSPS) is 19.8. The molecule has 5 nitrogen and oxygen atoms in total. The lowest BCUT2D eigenvalue weighted by Gasteiger charge is -2.20. The SMILES string of the molecule is CN=C1SC(=NOC(=O)N(C)Sc2ccc(C(C)(C)C)cc2)C(C)(C)S1. The minimum absolute atomic E-state index is 0.106. The fraction of sp³-hybridized carbons (Fsp3) is 0.500. The van der Waals surface area contributed by atoms with Crippen LogP contribution in [0.2, 0.25) is 0 Å². The number of oxime groups is 1. The molecule has 8 heteroatoms. The van der Waals surface area contributed by atoms with Gasteiger partial charge in [-0.25, -0.2) is 9.10 Å². The van der Waals surface area contributed by atoms with Gasteiger partial charge in [0, 0.05) is 19.0 Å². The Morgan fingerprint density at radius 3 is 2.35 bits per heavy atom. The average Bonchev–Trinajstić information content (AvgIpc) is 2.86. The van der Waals surface area contributed by atoms with Gasteiger partial charge in [-0.2, -0.15) is 0 Å². The van der Waals surface area contributed by atoms with Crippen LogP contribution in [0, 0.1) is 0 Å². The lowest BCUT2D eigenvalue weighted by atomic mass is 9.87. The molecule has 1 fully saturated rings. The third kappa shape index (κ3) is 5.44. The first-order chi connectivity index (χ1) is 12.0. The van der Waals surface area contributed by atoms with E-state index in [1.807, 2.05) is 26.0 Å². The Hall–Kier alpha value is -1.12. The van der Waals surface area contributed by atoms with Crippen LogP contribution in [0.3, 0.4) is 0 Å².